The SMILES string of the molecule is [CH2]O/N=C(\C)c1ccccc1C(F)(F)F. The van der Waals surface area contributed by atoms with Crippen LogP contribution in [0.1, 0.15) is 18.1 Å². The Morgan fingerprint density at radius 3 is 2.47 bits per heavy atom. The Bertz CT molecular complexity index is 371. The summed E-state index contributed by atoms with van der Waals surface area (Å²) in [5.74, 6) is 0. The van der Waals surface area contributed by atoms with Crippen molar-refractivity contribution in [2.45, 2.75) is 13.1 Å². The zero-order valence-electron chi connectivity index (χ0n) is 8.01. The van der Waals surface area contributed by atoms with E-state index in [1.54, 1.807) is 0 Å². The van der Waals surface area contributed by atoms with Crippen LogP contribution >= 0.6 is 0 Å². The lowest BCUT2D eigenvalue weighted by Crippen LogP contribution is -2.11. The van der Waals surface area contributed by atoms with Crippen LogP contribution in [0.25, 0.3) is 0 Å². The van der Waals surface area contributed by atoms with Gasteiger partial charge in [0.1, 0.15) is 0 Å². The number of alkyl halides is 3. The van der Waals surface area contributed by atoms with Crippen LogP contribution in [0.3, 0.4) is 0 Å². The number of rotatable bonds is 2. The number of halogens is 3. The molecule has 0 unspecified atom stereocenters. The van der Waals surface area contributed by atoms with Gasteiger partial charge in [-0.3, -0.25) is 0 Å². The van der Waals surface area contributed by atoms with Gasteiger partial charge in [0.25, 0.3) is 0 Å². The number of hydrogen-bond donors (Lipinski definition) is 0. The minimum absolute atomic E-state index is 0.00588. The Hall–Kier alpha value is -1.52. The smallest absolute Gasteiger partial charge is 0.392 e. The van der Waals surface area contributed by atoms with Crippen molar-refractivity contribution in [2.24, 2.45) is 5.16 Å². The molecule has 0 N–H and O–H groups in total. The minimum atomic E-state index is -4.39. The van der Waals surface area contributed by atoms with Crippen LogP contribution in [0.15, 0.2) is 29.4 Å². The molecule has 0 aliphatic carbocycles. The van der Waals surface area contributed by atoms with E-state index in [0.29, 0.717) is 0 Å². The van der Waals surface area contributed by atoms with Crippen LogP contribution in [0.4, 0.5) is 13.2 Å². The van der Waals surface area contributed by atoms with E-state index < -0.39 is 11.7 Å². The molecule has 0 aromatic heterocycles. The van der Waals surface area contributed by atoms with E-state index in [1.165, 1.54) is 25.1 Å². The molecule has 0 saturated heterocycles. The number of benzene rings is 1. The average Bonchev–Trinajstić information content (AvgIpc) is 2.17. The molecule has 0 aliphatic rings. The summed E-state index contributed by atoms with van der Waals surface area (Å²) in [6, 6.07) is 5.16. The van der Waals surface area contributed by atoms with E-state index in [1.807, 2.05) is 0 Å². The summed E-state index contributed by atoms with van der Waals surface area (Å²) in [5, 5.41) is 3.37. The van der Waals surface area contributed by atoms with Gasteiger partial charge in [-0.1, -0.05) is 23.4 Å². The Morgan fingerprint density at radius 1 is 1.33 bits per heavy atom. The number of oxime groups is 1. The van der Waals surface area contributed by atoms with Crippen LogP contribution in [0.5, 0.6) is 0 Å². The van der Waals surface area contributed by atoms with Crippen LogP contribution in [-0.2, 0) is 11.0 Å². The fourth-order valence-corrected chi connectivity index (χ4v) is 1.19. The largest absolute Gasteiger partial charge is 0.417 e. The molecule has 1 radical (unpaired) electrons. The maximum Gasteiger partial charge on any atom is 0.417 e. The summed E-state index contributed by atoms with van der Waals surface area (Å²) in [6.07, 6.45) is -4.39. The van der Waals surface area contributed by atoms with Crippen molar-refractivity contribution in [3.05, 3.63) is 42.5 Å². The summed E-state index contributed by atoms with van der Waals surface area (Å²) in [7, 11) is 2.97. The van der Waals surface area contributed by atoms with Crippen molar-refractivity contribution in [1.29, 1.82) is 0 Å². The van der Waals surface area contributed by atoms with Gasteiger partial charge in [0.15, 0.2) is 7.11 Å². The van der Waals surface area contributed by atoms with Gasteiger partial charge >= 0.3 is 6.18 Å². The molecule has 0 heterocycles. The lowest BCUT2D eigenvalue weighted by molar-refractivity contribution is -0.137. The molecule has 0 amide bonds. The predicted molar refractivity (Wildman–Crippen MR) is 50.1 cm³/mol. The van der Waals surface area contributed by atoms with Crippen LogP contribution in [0, 0.1) is 7.11 Å². The molecule has 2 nitrogen and oxygen atoms in total. The van der Waals surface area contributed by atoms with E-state index in [0.717, 1.165) is 6.07 Å². The molecule has 81 valence electrons. The number of nitrogens with zero attached hydrogens (tertiary/aromatic N) is 1. The van der Waals surface area contributed by atoms with Gasteiger partial charge in [-0.25, -0.2) is 0 Å². The lowest BCUT2D eigenvalue weighted by Gasteiger charge is -2.11. The highest BCUT2D eigenvalue weighted by molar-refractivity contribution is 5.99. The second kappa shape index (κ2) is 4.33. The zero-order valence-corrected chi connectivity index (χ0v) is 8.01. The fourth-order valence-electron chi connectivity index (χ4n) is 1.19. The van der Waals surface area contributed by atoms with Gasteiger partial charge in [0.05, 0.1) is 11.3 Å². The molecular weight excluding hydrogens is 207 g/mol. The average molecular weight is 216 g/mol. The molecule has 0 bridgehead atoms. The van der Waals surface area contributed by atoms with E-state index in [4.69, 9.17) is 0 Å². The third-order valence-electron chi connectivity index (χ3n) is 1.82. The monoisotopic (exact) mass is 216 g/mol. The lowest BCUT2D eigenvalue weighted by atomic mass is 10.0. The fraction of sp³-hybridized carbons (Fsp3) is 0.200. The number of hydrogen-bond acceptors (Lipinski definition) is 2. The summed E-state index contributed by atoms with van der Waals surface area (Å²) < 4.78 is 37.6. The molecule has 0 aliphatic heterocycles. The highest BCUT2D eigenvalue weighted by atomic mass is 19.4. The van der Waals surface area contributed by atoms with Crippen LogP contribution < -0.4 is 0 Å². The van der Waals surface area contributed by atoms with Crippen LogP contribution in [-0.4, -0.2) is 5.71 Å². The van der Waals surface area contributed by atoms with Crippen molar-refractivity contribution < 1.29 is 18.0 Å². The zero-order chi connectivity index (χ0) is 11.5. The summed E-state index contributed by atoms with van der Waals surface area (Å²) in [4.78, 5) is 4.20. The quantitative estimate of drug-likeness (QED) is 0.549. The van der Waals surface area contributed by atoms with Gasteiger partial charge in [-0.05, 0) is 13.0 Å². The van der Waals surface area contributed by atoms with E-state index in [9.17, 15) is 13.2 Å². The van der Waals surface area contributed by atoms with Crippen LogP contribution in [0.2, 0.25) is 0 Å². The maximum absolute atomic E-state index is 12.5. The first-order valence-electron chi connectivity index (χ1n) is 4.09. The first kappa shape index (κ1) is 11.6. The predicted octanol–water partition coefficient (Wildman–Crippen LogP) is 3.24. The standard InChI is InChI=1S/C10H9F3NO/c1-7(14-15-2)8-5-3-4-6-9(8)10(11,12)13/h3-6H,2H2,1H3/b14-7+. The Morgan fingerprint density at radius 2 is 1.93 bits per heavy atom. The van der Waals surface area contributed by atoms with Crippen molar-refractivity contribution in [2.75, 3.05) is 0 Å². The van der Waals surface area contributed by atoms with Gasteiger partial charge in [-0.2, -0.15) is 13.2 Å². The molecule has 1 rings (SSSR count). The molecule has 0 saturated carbocycles. The van der Waals surface area contributed by atoms with E-state index >= 15 is 0 Å². The first-order valence-corrected chi connectivity index (χ1v) is 4.09. The first-order chi connectivity index (χ1) is 6.96. The molecule has 1 aromatic carbocycles. The van der Waals surface area contributed by atoms with Gasteiger partial charge < -0.3 is 4.84 Å². The molecule has 0 spiro atoms. The topological polar surface area (TPSA) is 21.6 Å². The van der Waals surface area contributed by atoms with E-state index in [-0.39, 0.29) is 11.3 Å². The summed E-state index contributed by atoms with van der Waals surface area (Å²) in [6.45, 7) is 1.43. The van der Waals surface area contributed by atoms with Crippen molar-refractivity contribution in [1.82, 2.24) is 0 Å². The van der Waals surface area contributed by atoms with Crippen molar-refractivity contribution in [3.63, 3.8) is 0 Å². The molecule has 1 aromatic rings. The highest BCUT2D eigenvalue weighted by Gasteiger charge is 2.33. The van der Waals surface area contributed by atoms with Gasteiger partial charge in [0.2, 0.25) is 0 Å². The Kier molecular flexibility index (Phi) is 3.34. The Labute approximate surface area is 85.4 Å². The molecular formula is C10H9F3NO. The van der Waals surface area contributed by atoms with E-state index in [2.05, 4.69) is 17.1 Å². The third kappa shape index (κ3) is 2.71. The molecule has 0 atom stereocenters. The molecule has 0 fully saturated rings. The van der Waals surface area contributed by atoms with Crippen molar-refractivity contribution >= 4 is 5.71 Å². The highest BCUT2D eigenvalue weighted by Crippen LogP contribution is 2.32. The minimum Gasteiger partial charge on any atom is -0.392 e. The second-order valence-corrected chi connectivity index (χ2v) is 2.85. The van der Waals surface area contributed by atoms with Gasteiger partial charge in [0, 0.05) is 5.56 Å². The van der Waals surface area contributed by atoms with Gasteiger partial charge in [-0.15, -0.1) is 0 Å². The normalized spacial score (nSPS) is 12.7. The molecule has 5 heteroatoms. The third-order valence-corrected chi connectivity index (χ3v) is 1.82. The summed E-state index contributed by atoms with van der Waals surface area (Å²) >= 11 is 0. The Balaban J connectivity index is 3.24. The van der Waals surface area contributed by atoms with Crippen molar-refractivity contribution in [3.8, 4) is 0 Å². The summed E-state index contributed by atoms with van der Waals surface area (Å²) in [5.41, 5.74) is -0.602. The maximum atomic E-state index is 12.5. The second-order valence-electron chi connectivity index (χ2n) is 2.85. The molecule has 15 heavy (non-hydrogen) atoms.